The lowest BCUT2D eigenvalue weighted by molar-refractivity contribution is -0.396. The average molecular weight is 406 g/mol. The predicted molar refractivity (Wildman–Crippen MR) is 100 cm³/mol. The van der Waals surface area contributed by atoms with E-state index in [1.807, 2.05) is 0 Å². The summed E-state index contributed by atoms with van der Waals surface area (Å²) in [4.78, 5) is 42.9. The van der Waals surface area contributed by atoms with E-state index in [1.165, 1.54) is 19.1 Å². The lowest BCUT2D eigenvalue weighted by atomic mass is 10.3. The molecule has 0 radical (unpaired) electrons. The molecule has 2 aromatic carbocycles. The molecule has 2 N–H and O–H groups in total. The molecular weight excluding hydrogens is 392 g/mol. The first-order valence-corrected chi connectivity index (χ1v) is 8.98. The summed E-state index contributed by atoms with van der Waals surface area (Å²) < 4.78 is 12.4. The van der Waals surface area contributed by atoms with Gasteiger partial charge in [-0.3, -0.25) is 34.0 Å². The molecule has 0 aliphatic carbocycles. The second-order valence-electron chi connectivity index (χ2n) is 5.46. The SMILES string of the molecule is CC(=O)Nc1ccc(NC(=O)CS(=O)c2ccc([N+](=O)[O-])cc2[N+](=O)[O-])cc1. The van der Waals surface area contributed by atoms with E-state index in [4.69, 9.17) is 0 Å². The highest BCUT2D eigenvalue weighted by atomic mass is 32.2. The predicted octanol–water partition coefficient (Wildman–Crippen LogP) is 2.21. The first-order valence-electron chi connectivity index (χ1n) is 7.66. The van der Waals surface area contributed by atoms with Crippen molar-refractivity contribution >= 4 is 45.4 Å². The van der Waals surface area contributed by atoms with Crippen molar-refractivity contribution in [2.75, 3.05) is 16.4 Å². The van der Waals surface area contributed by atoms with Gasteiger partial charge in [-0.15, -0.1) is 0 Å². The standard InChI is InChI=1S/C16H14N4O7S/c1-10(21)17-11-2-4-12(5-3-11)18-16(22)9-28(27)15-7-6-13(19(23)24)8-14(15)20(25)26/h2-8H,9H2,1H3,(H,17,21)(H,18,22). The van der Waals surface area contributed by atoms with Gasteiger partial charge in [-0.2, -0.15) is 0 Å². The molecule has 0 saturated carbocycles. The number of hydrogen-bond acceptors (Lipinski definition) is 7. The Morgan fingerprint density at radius 2 is 1.54 bits per heavy atom. The van der Waals surface area contributed by atoms with Crippen LogP contribution in [0.2, 0.25) is 0 Å². The Morgan fingerprint density at radius 1 is 0.964 bits per heavy atom. The van der Waals surface area contributed by atoms with Crippen LogP contribution < -0.4 is 10.6 Å². The maximum absolute atomic E-state index is 12.4. The molecule has 0 spiro atoms. The normalized spacial score (nSPS) is 11.3. The van der Waals surface area contributed by atoms with Gasteiger partial charge in [0.2, 0.25) is 11.8 Å². The number of nitro groups is 2. The Morgan fingerprint density at radius 3 is 2.04 bits per heavy atom. The molecule has 28 heavy (non-hydrogen) atoms. The van der Waals surface area contributed by atoms with Gasteiger partial charge in [-0.25, -0.2) is 0 Å². The highest BCUT2D eigenvalue weighted by Crippen LogP contribution is 2.27. The van der Waals surface area contributed by atoms with Crippen molar-refractivity contribution in [1.82, 2.24) is 0 Å². The number of nitrogens with one attached hydrogen (secondary N) is 2. The summed E-state index contributed by atoms with van der Waals surface area (Å²) in [5, 5.41) is 26.9. The van der Waals surface area contributed by atoms with Gasteiger partial charge in [0.15, 0.2) is 0 Å². The molecule has 0 saturated heterocycles. The van der Waals surface area contributed by atoms with Crippen LogP contribution in [0.1, 0.15) is 6.92 Å². The zero-order valence-corrected chi connectivity index (χ0v) is 15.2. The summed E-state index contributed by atoms with van der Waals surface area (Å²) in [6.07, 6.45) is 0. The summed E-state index contributed by atoms with van der Waals surface area (Å²) in [5.74, 6) is -1.50. The van der Waals surface area contributed by atoms with Gasteiger partial charge in [-0.1, -0.05) is 0 Å². The topological polar surface area (TPSA) is 162 Å². The van der Waals surface area contributed by atoms with Crippen molar-refractivity contribution in [2.24, 2.45) is 0 Å². The monoisotopic (exact) mass is 406 g/mol. The second kappa shape index (κ2) is 8.81. The summed E-state index contributed by atoms with van der Waals surface area (Å²) in [7, 11) is -2.09. The third-order valence-corrected chi connectivity index (χ3v) is 4.71. The summed E-state index contributed by atoms with van der Waals surface area (Å²) in [5.41, 5.74) is -0.318. The summed E-state index contributed by atoms with van der Waals surface area (Å²) >= 11 is 0. The van der Waals surface area contributed by atoms with Crippen LogP contribution >= 0.6 is 0 Å². The van der Waals surface area contributed by atoms with Crippen molar-refractivity contribution in [3.05, 3.63) is 62.7 Å². The molecule has 12 heteroatoms. The number of nitro benzene ring substituents is 2. The Balaban J connectivity index is 2.10. The fourth-order valence-corrected chi connectivity index (χ4v) is 3.24. The number of carbonyl (C=O) groups excluding carboxylic acids is 2. The van der Waals surface area contributed by atoms with Crippen molar-refractivity contribution < 1.29 is 23.6 Å². The number of carbonyl (C=O) groups is 2. The third-order valence-electron chi connectivity index (χ3n) is 3.35. The number of anilines is 2. The molecule has 2 aromatic rings. The first-order chi connectivity index (χ1) is 13.2. The molecule has 0 heterocycles. The second-order valence-corrected chi connectivity index (χ2v) is 6.88. The Hall–Kier alpha value is -3.67. The largest absolute Gasteiger partial charge is 0.326 e. The maximum atomic E-state index is 12.4. The van der Waals surface area contributed by atoms with E-state index in [0.29, 0.717) is 17.4 Å². The van der Waals surface area contributed by atoms with Crippen molar-refractivity contribution in [2.45, 2.75) is 11.8 Å². The summed E-state index contributed by atoms with van der Waals surface area (Å²) in [6, 6.07) is 8.82. The van der Waals surface area contributed by atoms with Gasteiger partial charge in [0, 0.05) is 24.4 Å². The van der Waals surface area contributed by atoms with Gasteiger partial charge >= 0.3 is 0 Å². The van der Waals surface area contributed by atoms with Gasteiger partial charge in [-0.05, 0) is 30.3 Å². The molecule has 1 unspecified atom stereocenters. The van der Waals surface area contributed by atoms with E-state index in [2.05, 4.69) is 10.6 Å². The summed E-state index contributed by atoms with van der Waals surface area (Å²) in [6.45, 7) is 1.35. The molecular formula is C16H14N4O7S. The van der Waals surface area contributed by atoms with Gasteiger partial charge in [0.25, 0.3) is 11.4 Å². The van der Waals surface area contributed by atoms with Crippen molar-refractivity contribution in [1.29, 1.82) is 0 Å². The Kier molecular flexibility index (Phi) is 6.50. The van der Waals surface area contributed by atoms with E-state index < -0.39 is 43.7 Å². The van der Waals surface area contributed by atoms with Crippen LogP contribution in [0.5, 0.6) is 0 Å². The van der Waals surface area contributed by atoms with Crippen LogP contribution in [0, 0.1) is 20.2 Å². The van der Waals surface area contributed by atoms with Gasteiger partial charge in [0.1, 0.15) is 10.6 Å². The van der Waals surface area contributed by atoms with E-state index in [1.54, 1.807) is 12.1 Å². The first kappa shape index (κ1) is 20.6. The average Bonchev–Trinajstić information content (AvgIpc) is 2.62. The van der Waals surface area contributed by atoms with E-state index in [-0.39, 0.29) is 10.8 Å². The zero-order valence-electron chi connectivity index (χ0n) is 14.4. The molecule has 11 nitrogen and oxygen atoms in total. The minimum absolute atomic E-state index is 0.253. The van der Waals surface area contributed by atoms with Gasteiger partial charge < -0.3 is 10.6 Å². The molecule has 1 atom stereocenters. The Labute approximate surface area is 160 Å². The van der Waals surface area contributed by atoms with Gasteiger partial charge in [0.05, 0.1) is 26.7 Å². The molecule has 0 aliphatic heterocycles. The fourth-order valence-electron chi connectivity index (χ4n) is 2.19. The Bertz CT molecular complexity index is 975. The maximum Gasteiger partial charge on any atom is 0.292 e. The molecule has 2 amide bonds. The highest BCUT2D eigenvalue weighted by Gasteiger charge is 2.24. The third kappa shape index (κ3) is 5.41. The smallest absolute Gasteiger partial charge is 0.292 e. The van der Waals surface area contributed by atoms with Crippen LogP contribution in [0.15, 0.2) is 47.4 Å². The molecule has 0 fully saturated rings. The number of non-ortho nitro benzene ring substituents is 1. The van der Waals surface area contributed by atoms with Crippen LogP contribution in [-0.4, -0.2) is 31.6 Å². The van der Waals surface area contributed by atoms with Crippen LogP contribution in [0.4, 0.5) is 22.7 Å². The zero-order chi connectivity index (χ0) is 20.8. The fraction of sp³-hybridized carbons (Fsp3) is 0.125. The number of nitrogens with zero attached hydrogens (tertiary/aromatic N) is 2. The number of rotatable bonds is 7. The molecule has 0 aliphatic rings. The van der Waals surface area contributed by atoms with E-state index in [0.717, 1.165) is 12.1 Å². The van der Waals surface area contributed by atoms with Crippen LogP contribution in [0.25, 0.3) is 0 Å². The molecule has 2 rings (SSSR count). The number of hydrogen-bond donors (Lipinski definition) is 2. The molecule has 0 bridgehead atoms. The van der Waals surface area contributed by atoms with Crippen molar-refractivity contribution in [3.63, 3.8) is 0 Å². The molecule has 0 aromatic heterocycles. The number of amides is 2. The van der Waals surface area contributed by atoms with Crippen LogP contribution in [0.3, 0.4) is 0 Å². The van der Waals surface area contributed by atoms with Crippen LogP contribution in [-0.2, 0) is 20.4 Å². The lowest BCUT2D eigenvalue weighted by Gasteiger charge is -2.07. The van der Waals surface area contributed by atoms with Crippen molar-refractivity contribution in [3.8, 4) is 0 Å². The van der Waals surface area contributed by atoms with E-state index >= 15 is 0 Å². The minimum Gasteiger partial charge on any atom is -0.326 e. The lowest BCUT2D eigenvalue weighted by Crippen LogP contribution is -2.20. The minimum atomic E-state index is -2.09. The quantitative estimate of drug-likeness (QED) is 0.526. The van der Waals surface area contributed by atoms with E-state index in [9.17, 15) is 34.0 Å². The number of benzene rings is 2. The highest BCUT2D eigenvalue weighted by molar-refractivity contribution is 7.86. The molecule has 146 valence electrons.